The van der Waals surface area contributed by atoms with Crippen LogP contribution in [0.25, 0.3) is 0 Å². The summed E-state index contributed by atoms with van der Waals surface area (Å²) < 4.78 is 5.80. The van der Waals surface area contributed by atoms with Crippen molar-refractivity contribution < 1.29 is 9.84 Å². The van der Waals surface area contributed by atoms with E-state index in [1.807, 2.05) is 30.5 Å². The van der Waals surface area contributed by atoms with Gasteiger partial charge in [0.15, 0.2) is 0 Å². The third-order valence-corrected chi connectivity index (χ3v) is 4.13. The number of rotatable bonds is 4. The van der Waals surface area contributed by atoms with E-state index in [1.54, 1.807) is 11.8 Å². The number of hydrogen-bond donors (Lipinski definition) is 1. The lowest BCUT2D eigenvalue weighted by atomic mass is 9.85. The van der Waals surface area contributed by atoms with E-state index < -0.39 is 5.60 Å². The highest BCUT2D eigenvalue weighted by molar-refractivity contribution is 7.98. The molecule has 0 aromatic heterocycles. The van der Waals surface area contributed by atoms with Gasteiger partial charge in [-0.2, -0.15) is 0 Å². The fourth-order valence-electron chi connectivity index (χ4n) is 2.30. The highest BCUT2D eigenvalue weighted by Gasteiger charge is 2.30. The number of benzene rings is 1. The maximum Gasteiger partial charge on any atom is 0.132 e. The molecule has 0 atom stereocenters. The van der Waals surface area contributed by atoms with Crippen molar-refractivity contribution in [3.05, 3.63) is 24.3 Å². The Morgan fingerprint density at radius 3 is 2.65 bits per heavy atom. The fourth-order valence-corrected chi connectivity index (χ4v) is 2.85. The Morgan fingerprint density at radius 1 is 1.24 bits per heavy atom. The second kappa shape index (κ2) is 5.78. The minimum absolute atomic E-state index is 0.421. The predicted octanol–water partition coefficient (Wildman–Crippen LogP) is 3.48. The molecule has 1 N–H and O–H groups in total. The average molecular weight is 252 g/mol. The van der Waals surface area contributed by atoms with E-state index in [9.17, 15) is 5.11 Å². The van der Waals surface area contributed by atoms with Gasteiger partial charge >= 0.3 is 0 Å². The summed E-state index contributed by atoms with van der Waals surface area (Å²) in [5.41, 5.74) is -0.607. The smallest absolute Gasteiger partial charge is 0.132 e. The highest BCUT2D eigenvalue weighted by Crippen LogP contribution is 2.31. The van der Waals surface area contributed by atoms with Crippen LogP contribution in [0.2, 0.25) is 0 Å². The summed E-state index contributed by atoms with van der Waals surface area (Å²) in [5.74, 6) is 0.888. The Kier molecular flexibility index (Phi) is 4.35. The van der Waals surface area contributed by atoms with Crippen molar-refractivity contribution >= 4 is 11.8 Å². The Hall–Kier alpha value is -0.670. The van der Waals surface area contributed by atoms with E-state index in [0.29, 0.717) is 6.61 Å². The van der Waals surface area contributed by atoms with Gasteiger partial charge in [0.2, 0.25) is 0 Å². The van der Waals surface area contributed by atoms with Crippen molar-refractivity contribution in [3.8, 4) is 5.75 Å². The summed E-state index contributed by atoms with van der Waals surface area (Å²) in [6.07, 6.45) is 7.25. The van der Waals surface area contributed by atoms with E-state index in [-0.39, 0.29) is 0 Å². The molecule has 2 rings (SSSR count). The zero-order chi connectivity index (χ0) is 12.1. The SMILES string of the molecule is CSc1ccccc1OCC1(O)CCCCC1. The number of para-hydroxylation sites is 1. The van der Waals surface area contributed by atoms with Crippen molar-refractivity contribution in [3.63, 3.8) is 0 Å². The molecule has 0 bridgehead atoms. The van der Waals surface area contributed by atoms with Crippen molar-refractivity contribution in [2.24, 2.45) is 0 Å². The maximum absolute atomic E-state index is 10.4. The van der Waals surface area contributed by atoms with Crippen LogP contribution in [-0.4, -0.2) is 23.6 Å². The van der Waals surface area contributed by atoms with Crippen molar-refractivity contribution in [1.29, 1.82) is 0 Å². The van der Waals surface area contributed by atoms with E-state index in [2.05, 4.69) is 0 Å². The second-order valence-corrected chi connectivity index (χ2v) is 5.57. The standard InChI is InChI=1S/C14H20O2S/c1-17-13-8-4-3-7-12(13)16-11-14(15)9-5-2-6-10-14/h3-4,7-8,15H,2,5-6,9-11H2,1H3. The lowest BCUT2D eigenvalue weighted by molar-refractivity contribution is -0.0345. The van der Waals surface area contributed by atoms with Crippen LogP contribution >= 0.6 is 11.8 Å². The van der Waals surface area contributed by atoms with Gasteiger partial charge in [0.1, 0.15) is 12.4 Å². The third kappa shape index (κ3) is 3.39. The van der Waals surface area contributed by atoms with Crippen molar-refractivity contribution in [1.82, 2.24) is 0 Å². The van der Waals surface area contributed by atoms with E-state index in [4.69, 9.17) is 4.74 Å². The summed E-state index contributed by atoms with van der Waals surface area (Å²) in [6, 6.07) is 8.00. The van der Waals surface area contributed by atoms with Crippen LogP contribution in [0, 0.1) is 0 Å². The van der Waals surface area contributed by atoms with E-state index in [0.717, 1.165) is 36.3 Å². The average Bonchev–Trinajstić information content (AvgIpc) is 2.38. The first-order valence-electron chi connectivity index (χ1n) is 6.22. The van der Waals surface area contributed by atoms with Gasteiger partial charge in [0, 0.05) is 4.90 Å². The first kappa shape index (κ1) is 12.8. The van der Waals surface area contributed by atoms with Crippen LogP contribution in [-0.2, 0) is 0 Å². The number of hydrogen-bond acceptors (Lipinski definition) is 3. The van der Waals surface area contributed by atoms with Gasteiger partial charge in [-0.15, -0.1) is 11.8 Å². The molecular formula is C14H20O2S. The molecule has 0 saturated heterocycles. The number of aliphatic hydroxyl groups is 1. The summed E-state index contributed by atoms with van der Waals surface area (Å²) in [7, 11) is 0. The highest BCUT2D eigenvalue weighted by atomic mass is 32.2. The van der Waals surface area contributed by atoms with Gasteiger partial charge in [0.25, 0.3) is 0 Å². The van der Waals surface area contributed by atoms with Gasteiger partial charge in [-0.3, -0.25) is 0 Å². The van der Waals surface area contributed by atoms with Gasteiger partial charge in [0.05, 0.1) is 5.60 Å². The van der Waals surface area contributed by atoms with Crippen LogP contribution in [0.1, 0.15) is 32.1 Å². The molecule has 1 aromatic carbocycles. The van der Waals surface area contributed by atoms with Crippen molar-refractivity contribution in [2.45, 2.75) is 42.6 Å². The van der Waals surface area contributed by atoms with Crippen molar-refractivity contribution in [2.75, 3.05) is 12.9 Å². The zero-order valence-electron chi connectivity index (χ0n) is 10.3. The lowest BCUT2D eigenvalue weighted by Crippen LogP contribution is -2.37. The summed E-state index contributed by atoms with van der Waals surface area (Å²) in [6.45, 7) is 0.421. The largest absolute Gasteiger partial charge is 0.489 e. The van der Waals surface area contributed by atoms with Crippen LogP contribution in [0.15, 0.2) is 29.2 Å². The van der Waals surface area contributed by atoms with Gasteiger partial charge in [-0.25, -0.2) is 0 Å². The summed E-state index contributed by atoms with van der Waals surface area (Å²) in [4.78, 5) is 1.13. The molecule has 1 aromatic rings. The van der Waals surface area contributed by atoms with Crippen LogP contribution in [0.3, 0.4) is 0 Å². The summed E-state index contributed by atoms with van der Waals surface area (Å²) >= 11 is 1.67. The molecule has 1 saturated carbocycles. The minimum atomic E-state index is -0.607. The Labute approximate surface area is 107 Å². The topological polar surface area (TPSA) is 29.5 Å². The van der Waals surface area contributed by atoms with Gasteiger partial charge in [-0.1, -0.05) is 31.4 Å². The first-order valence-corrected chi connectivity index (χ1v) is 7.44. The zero-order valence-corrected chi connectivity index (χ0v) is 11.1. The molecule has 17 heavy (non-hydrogen) atoms. The molecule has 0 unspecified atom stereocenters. The molecule has 0 spiro atoms. The quantitative estimate of drug-likeness (QED) is 0.832. The molecule has 0 radical (unpaired) electrons. The normalized spacial score (nSPS) is 18.9. The molecule has 2 nitrogen and oxygen atoms in total. The number of ether oxygens (including phenoxy) is 1. The minimum Gasteiger partial charge on any atom is -0.489 e. The number of thioether (sulfide) groups is 1. The Bertz CT molecular complexity index is 359. The van der Waals surface area contributed by atoms with E-state index in [1.165, 1.54) is 6.42 Å². The maximum atomic E-state index is 10.4. The molecule has 94 valence electrons. The van der Waals surface area contributed by atoms with Gasteiger partial charge < -0.3 is 9.84 Å². The first-order chi connectivity index (χ1) is 8.23. The molecule has 0 heterocycles. The monoisotopic (exact) mass is 252 g/mol. The van der Waals surface area contributed by atoms with Crippen LogP contribution in [0.4, 0.5) is 0 Å². The fraction of sp³-hybridized carbons (Fsp3) is 0.571. The summed E-state index contributed by atoms with van der Waals surface area (Å²) in [5, 5.41) is 10.4. The molecule has 1 aliphatic carbocycles. The third-order valence-electron chi connectivity index (χ3n) is 3.35. The molecule has 0 aliphatic heterocycles. The van der Waals surface area contributed by atoms with E-state index >= 15 is 0 Å². The lowest BCUT2D eigenvalue weighted by Gasteiger charge is -2.31. The predicted molar refractivity (Wildman–Crippen MR) is 71.8 cm³/mol. The Morgan fingerprint density at radius 2 is 1.94 bits per heavy atom. The second-order valence-electron chi connectivity index (χ2n) is 4.72. The molecule has 1 fully saturated rings. The van der Waals surface area contributed by atoms with Crippen LogP contribution in [0.5, 0.6) is 5.75 Å². The molecular weight excluding hydrogens is 232 g/mol. The molecule has 1 aliphatic rings. The molecule has 0 amide bonds. The van der Waals surface area contributed by atoms with Crippen LogP contribution < -0.4 is 4.74 Å². The molecule has 3 heteroatoms. The Balaban J connectivity index is 1.96. The van der Waals surface area contributed by atoms with Gasteiger partial charge in [-0.05, 0) is 31.2 Å².